The first-order valence-electron chi connectivity index (χ1n) is 7.68. The summed E-state index contributed by atoms with van der Waals surface area (Å²) in [5.41, 5.74) is 2.92. The summed E-state index contributed by atoms with van der Waals surface area (Å²) in [6.45, 7) is 17.3. The van der Waals surface area contributed by atoms with Crippen LogP contribution >= 0.6 is 0 Å². The second-order valence-electron chi connectivity index (χ2n) is 7.13. The van der Waals surface area contributed by atoms with E-state index in [9.17, 15) is 0 Å². The third kappa shape index (κ3) is 2.38. The highest BCUT2D eigenvalue weighted by Crippen LogP contribution is 2.55. The van der Waals surface area contributed by atoms with Gasteiger partial charge in [-0.1, -0.05) is 48.9 Å². The number of fused-ring (bicyclic) bond motifs is 1. The summed E-state index contributed by atoms with van der Waals surface area (Å²) in [6.07, 6.45) is 10.5. The van der Waals surface area contributed by atoms with Crippen LogP contribution in [0, 0.1) is 17.9 Å². The molecule has 2 aliphatic rings. The van der Waals surface area contributed by atoms with Crippen molar-refractivity contribution in [1.29, 1.82) is 0 Å². The predicted molar refractivity (Wildman–Crippen MR) is 83.5 cm³/mol. The summed E-state index contributed by atoms with van der Waals surface area (Å²) in [5.74, 6) is 0.473. The van der Waals surface area contributed by atoms with Crippen molar-refractivity contribution in [3.63, 3.8) is 0 Å². The fraction of sp³-hybridized carbons (Fsp3) is 0.722. The van der Waals surface area contributed by atoms with Gasteiger partial charge in [0.2, 0.25) is 0 Å². The molecule has 2 rings (SSSR count). The van der Waals surface area contributed by atoms with Gasteiger partial charge in [-0.15, -0.1) is 0 Å². The third-order valence-electron chi connectivity index (χ3n) is 5.62. The Morgan fingerprint density at radius 3 is 2.74 bits per heavy atom. The molecule has 0 heterocycles. The first-order valence-corrected chi connectivity index (χ1v) is 7.68. The largest absolute Gasteiger partial charge is 0.292 e. The Balaban J connectivity index is 2.45. The van der Waals surface area contributed by atoms with E-state index in [0.29, 0.717) is 5.92 Å². The molecule has 104 valence electrons. The Morgan fingerprint density at radius 1 is 1.32 bits per heavy atom. The van der Waals surface area contributed by atoms with Crippen LogP contribution in [0.2, 0.25) is 0 Å². The smallest absolute Gasteiger partial charge is 0.0993 e. The molecule has 1 nitrogen and oxygen atoms in total. The first kappa shape index (κ1) is 14.4. The van der Waals surface area contributed by atoms with Gasteiger partial charge < -0.3 is 0 Å². The van der Waals surface area contributed by atoms with Crippen molar-refractivity contribution in [3.05, 3.63) is 28.6 Å². The van der Waals surface area contributed by atoms with Gasteiger partial charge in [0.1, 0.15) is 0 Å². The summed E-state index contributed by atoms with van der Waals surface area (Å²) in [7, 11) is 0. The summed E-state index contributed by atoms with van der Waals surface area (Å²) in [4.78, 5) is 4.49. The maximum Gasteiger partial charge on any atom is 0.292 e. The fourth-order valence-electron chi connectivity index (χ4n) is 4.23. The standard InChI is InChI=1S/C18H28N/c1-14-8-6-9-15(2)16-10-7-12-17(3,4)18(16,19-5)13-11-14/h5,8,16H,2,6-7,9-13H2,1,3-4H3/q+1/b14-8+/t16-,18-/m0/s1. The van der Waals surface area contributed by atoms with E-state index in [-0.39, 0.29) is 11.0 Å². The summed E-state index contributed by atoms with van der Waals surface area (Å²) >= 11 is 0. The summed E-state index contributed by atoms with van der Waals surface area (Å²) in [5, 5.41) is 0. The average Bonchev–Trinajstić information content (AvgIpc) is 2.41. The Labute approximate surface area is 118 Å². The minimum Gasteiger partial charge on any atom is -0.0993 e. The molecular formula is C18H28N+. The summed E-state index contributed by atoms with van der Waals surface area (Å²) < 4.78 is 0. The van der Waals surface area contributed by atoms with Gasteiger partial charge >= 0.3 is 0 Å². The highest BCUT2D eigenvalue weighted by Gasteiger charge is 2.61. The van der Waals surface area contributed by atoms with Crippen molar-refractivity contribution in [2.24, 2.45) is 11.3 Å². The van der Waals surface area contributed by atoms with E-state index in [1.54, 1.807) is 0 Å². The number of nitrogens with zero attached hydrogens (tertiary/aromatic N) is 1. The second-order valence-corrected chi connectivity index (χ2v) is 7.13. The maximum absolute atomic E-state index is 5.97. The van der Waals surface area contributed by atoms with Gasteiger partial charge in [-0.3, -0.25) is 0 Å². The average molecular weight is 258 g/mol. The van der Waals surface area contributed by atoms with Gasteiger partial charge in [-0.2, -0.15) is 0 Å². The van der Waals surface area contributed by atoms with E-state index in [2.05, 4.69) is 38.3 Å². The van der Waals surface area contributed by atoms with Crippen LogP contribution in [0.5, 0.6) is 0 Å². The van der Waals surface area contributed by atoms with Crippen LogP contribution < -0.4 is 0 Å². The quantitative estimate of drug-likeness (QED) is 0.499. The minimum absolute atomic E-state index is 0.109. The lowest BCUT2D eigenvalue weighted by Gasteiger charge is -2.44. The van der Waals surface area contributed by atoms with Gasteiger partial charge in [-0.25, -0.2) is 0 Å². The molecule has 0 N–H and O–H groups in total. The zero-order valence-electron chi connectivity index (χ0n) is 12.8. The normalized spacial score (nSPS) is 37.9. The Morgan fingerprint density at radius 2 is 2.05 bits per heavy atom. The molecule has 0 aromatic carbocycles. The van der Waals surface area contributed by atoms with Crippen LogP contribution in [0.25, 0.3) is 4.85 Å². The molecule has 0 unspecified atom stereocenters. The molecule has 1 fully saturated rings. The van der Waals surface area contributed by atoms with Gasteiger partial charge in [0, 0.05) is 11.8 Å². The molecular weight excluding hydrogens is 230 g/mol. The lowest BCUT2D eigenvalue weighted by molar-refractivity contribution is 0.0807. The van der Waals surface area contributed by atoms with Crippen LogP contribution in [0.3, 0.4) is 0 Å². The molecule has 2 aliphatic carbocycles. The van der Waals surface area contributed by atoms with Crippen LogP contribution in [-0.4, -0.2) is 5.54 Å². The van der Waals surface area contributed by atoms with E-state index in [4.69, 9.17) is 6.57 Å². The van der Waals surface area contributed by atoms with Crippen LogP contribution in [-0.2, 0) is 0 Å². The fourth-order valence-corrected chi connectivity index (χ4v) is 4.23. The molecule has 0 aromatic rings. The molecule has 0 aliphatic heterocycles. The molecule has 0 saturated heterocycles. The number of allylic oxidation sites excluding steroid dienone is 2. The second kappa shape index (κ2) is 5.16. The molecule has 19 heavy (non-hydrogen) atoms. The van der Waals surface area contributed by atoms with Crippen LogP contribution in [0.15, 0.2) is 23.8 Å². The SMILES string of the molecule is C#[N+][C@@]12CC/C(C)=C/CCC(=C)[C@@H]1CCCC2(C)C. The van der Waals surface area contributed by atoms with Gasteiger partial charge in [0.25, 0.3) is 12.1 Å². The van der Waals surface area contributed by atoms with E-state index in [1.807, 2.05) is 0 Å². The first-order chi connectivity index (χ1) is 8.93. The molecule has 2 atom stereocenters. The predicted octanol–water partition coefficient (Wildman–Crippen LogP) is 5.59. The number of rotatable bonds is 0. The molecule has 0 amide bonds. The molecule has 0 aromatic heterocycles. The van der Waals surface area contributed by atoms with Crippen LogP contribution in [0.4, 0.5) is 0 Å². The third-order valence-corrected chi connectivity index (χ3v) is 5.62. The van der Waals surface area contributed by atoms with Gasteiger partial charge in [-0.05, 0) is 39.0 Å². The van der Waals surface area contributed by atoms with Crippen molar-refractivity contribution in [1.82, 2.24) is 0 Å². The topological polar surface area (TPSA) is 4.36 Å². The van der Waals surface area contributed by atoms with Crippen molar-refractivity contribution < 1.29 is 0 Å². The Hall–Kier alpha value is -1.03. The van der Waals surface area contributed by atoms with E-state index in [1.165, 1.54) is 30.4 Å². The molecule has 1 saturated carbocycles. The highest BCUT2D eigenvalue weighted by atomic mass is 14.9. The number of hydrogen-bond acceptors (Lipinski definition) is 0. The van der Waals surface area contributed by atoms with Crippen molar-refractivity contribution in [2.45, 2.75) is 71.3 Å². The van der Waals surface area contributed by atoms with Gasteiger partial charge in [0.15, 0.2) is 0 Å². The zero-order valence-corrected chi connectivity index (χ0v) is 12.8. The number of hydrogen-bond donors (Lipinski definition) is 0. The monoisotopic (exact) mass is 258 g/mol. The highest BCUT2D eigenvalue weighted by molar-refractivity contribution is 5.25. The Kier molecular flexibility index (Phi) is 3.90. The van der Waals surface area contributed by atoms with Crippen LogP contribution in [0.1, 0.15) is 65.7 Å². The van der Waals surface area contributed by atoms with Gasteiger partial charge in [0.05, 0.1) is 5.92 Å². The van der Waals surface area contributed by atoms with E-state index in [0.717, 1.165) is 25.7 Å². The summed E-state index contributed by atoms with van der Waals surface area (Å²) in [6, 6.07) is 0. The zero-order chi connectivity index (χ0) is 14.1. The molecule has 0 bridgehead atoms. The molecule has 0 spiro atoms. The Bertz CT molecular complexity index is 435. The van der Waals surface area contributed by atoms with E-state index < -0.39 is 0 Å². The lowest BCUT2D eigenvalue weighted by atomic mass is 9.55. The lowest BCUT2D eigenvalue weighted by Crippen LogP contribution is -2.51. The van der Waals surface area contributed by atoms with Crippen molar-refractivity contribution in [3.8, 4) is 6.57 Å². The van der Waals surface area contributed by atoms with Crippen molar-refractivity contribution in [2.75, 3.05) is 0 Å². The maximum atomic E-state index is 5.97. The molecule has 0 radical (unpaired) electrons. The van der Waals surface area contributed by atoms with Crippen molar-refractivity contribution >= 4 is 0 Å². The van der Waals surface area contributed by atoms with E-state index >= 15 is 0 Å². The minimum atomic E-state index is -0.109. The molecule has 1 heteroatoms.